The van der Waals surface area contributed by atoms with Crippen LogP contribution in [0.15, 0.2) is 4.99 Å². The number of ether oxygens (including phenoxy) is 3. The smallest absolute Gasteiger partial charge is 0.191 e. The van der Waals surface area contributed by atoms with Gasteiger partial charge in [-0.3, -0.25) is 9.89 Å². The summed E-state index contributed by atoms with van der Waals surface area (Å²) in [7, 11) is 1.84. The first-order chi connectivity index (χ1) is 13.3. The van der Waals surface area contributed by atoms with E-state index in [-0.39, 0.29) is 6.10 Å². The van der Waals surface area contributed by atoms with Gasteiger partial charge in [-0.2, -0.15) is 0 Å². The number of rotatable bonds is 11. The normalized spacial score (nSPS) is 23.0. The molecule has 0 bridgehead atoms. The standard InChI is InChI=1S/C20H40N4O3/c1-4-17(5-2)19(24-9-13-25-14-10-24)15-23-20(21-3)22-8-6-11-27-18-7-12-26-16-18/h17-19H,4-16H2,1-3H3,(H2,21,22,23). The molecule has 2 aliphatic heterocycles. The van der Waals surface area contributed by atoms with Gasteiger partial charge >= 0.3 is 0 Å². The molecule has 27 heavy (non-hydrogen) atoms. The quantitative estimate of drug-likeness (QED) is 0.320. The van der Waals surface area contributed by atoms with Gasteiger partial charge in [-0.05, 0) is 18.8 Å². The van der Waals surface area contributed by atoms with E-state index in [4.69, 9.17) is 14.2 Å². The molecule has 2 N–H and O–H groups in total. The monoisotopic (exact) mass is 384 g/mol. The van der Waals surface area contributed by atoms with E-state index in [1.54, 1.807) is 0 Å². The lowest BCUT2D eigenvalue weighted by molar-refractivity contribution is 0.00272. The lowest BCUT2D eigenvalue weighted by Gasteiger charge is -2.39. The molecule has 2 unspecified atom stereocenters. The highest BCUT2D eigenvalue weighted by Gasteiger charge is 2.27. The molecule has 0 aromatic carbocycles. The van der Waals surface area contributed by atoms with Crippen LogP contribution in [0.4, 0.5) is 0 Å². The van der Waals surface area contributed by atoms with Crippen LogP contribution >= 0.6 is 0 Å². The van der Waals surface area contributed by atoms with Crippen molar-refractivity contribution in [3.63, 3.8) is 0 Å². The Bertz CT molecular complexity index is 406. The largest absolute Gasteiger partial charge is 0.379 e. The summed E-state index contributed by atoms with van der Waals surface area (Å²) in [6.45, 7) is 12.5. The minimum Gasteiger partial charge on any atom is -0.379 e. The number of morpholine rings is 1. The van der Waals surface area contributed by atoms with Gasteiger partial charge in [0.1, 0.15) is 0 Å². The maximum Gasteiger partial charge on any atom is 0.191 e. The average Bonchev–Trinajstić information content (AvgIpc) is 3.23. The molecular weight excluding hydrogens is 344 g/mol. The first kappa shape index (κ1) is 22.4. The van der Waals surface area contributed by atoms with E-state index >= 15 is 0 Å². The van der Waals surface area contributed by atoms with Crippen LogP contribution < -0.4 is 10.6 Å². The molecule has 0 spiro atoms. The van der Waals surface area contributed by atoms with Crippen molar-refractivity contribution in [3.8, 4) is 0 Å². The van der Waals surface area contributed by atoms with Crippen LogP contribution in [0.2, 0.25) is 0 Å². The highest BCUT2D eigenvalue weighted by Crippen LogP contribution is 2.19. The summed E-state index contributed by atoms with van der Waals surface area (Å²) in [4.78, 5) is 6.96. The third kappa shape index (κ3) is 7.94. The lowest BCUT2D eigenvalue weighted by atomic mass is 9.92. The SMILES string of the molecule is CCC(CC)C(CNC(=NC)NCCCOC1CCOC1)N1CCOCC1. The number of nitrogens with zero attached hydrogens (tertiary/aromatic N) is 2. The second-order valence-corrected chi connectivity index (χ2v) is 7.38. The van der Waals surface area contributed by atoms with Gasteiger partial charge in [0.05, 0.1) is 25.9 Å². The third-order valence-corrected chi connectivity index (χ3v) is 5.66. The molecule has 2 fully saturated rings. The maximum atomic E-state index is 5.81. The summed E-state index contributed by atoms with van der Waals surface area (Å²) in [5, 5.41) is 6.96. The molecule has 0 radical (unpaired) electrons. The molecule has 2 aliphatic rings. The number of nitrogens with one attached hydrogen (secondary N) is 2. The molecule has 0 saturated carbocycles. The average molecular weight is 385 g/mol. The van der Waals surface area contributed by atoms with Crippen LogP contribution in [0.3, 0.4) is 0 Å². The Morgan fingerprint density at radius 3 is 2.56 bits per heavy atom. The Morgan fingerprint density at radius 1 is 1.15 bits per heavy atom. The molecular formula is C20H40N4O3. The van der Waals surface area contributed by atoms with E-state index in [0.717, 1.165) is 78.0 Å². The predicted octanol–water partition coefficient (Wildman–Crippen LogP) is 1.48. The number of hydrogen-bond acceptors (Lipinski definition) is 5. The third-order valence-electron chi connectivity index (χ3n) is 5.66. The minimum absolute atomic E-state index is 0.289. The molecule has 0 aromatic rings. The topological polar surface area (TPSA) is 67.4 Å². The summed E-state index contributed by atoms with van der Waals surface area (Å²) < 4.78 is 16.7. The van der Waals surface area contributed by atoms with Crippen LogP contribution in [0.5, 0.6) is 0 Å². The maximum absolute atomic E-state index is 5.81. The van der Waals surface area contributed by atoms with E-state index in [1.165, 1.54) is 12.8 Å². The van der Waals surface area contributed by atoms with Gasteiger partial charge in [-0.1, -0.05) is 26.7 Å². The molecule has 158 valence electrons. The van der Waals surface area contributed by atoms with Crippen molar-refractivity contribution in [2.45, 2.75) is 51.7 Å². The van der Waals surface area contributed by atoms with Crippen LogP contribution in [0.1, 0.15) is 39.5 Å². The van der Waals surface area contributed by atoms with E-state index in [1.807, 2.05) is 7.05 Å². The van der Waals surface area contributed by atoms with E-state index in [2.05, 4.69) is 34.4 Å². The molecule has 7 nitrogen and oxygen atoms in total. The fraction of sp³-hybridized carbons (Fsp3) is 0.950. The first-order valence-electron chi connectivity index (χ1n) is 10.7. The van der Waals surface area contributed by atoms with Crippen molar-refractivity contribution in [1.82, 2.24) is 15.5 Å². The zero-order valence-corrected chi connectivity index (χ0v) is 17.5. The van der Waals surface area contributed by atoms with Gasteiger partial charge < -0.3 is 24.8 Å². The number of aliphatic imine (C=N–C) groups is 1. The van der Waals surface area contributed by atoms with Crippen LogP contribution in [0.25, 0.3) is 0 Å². The van der Waals surface area contributed by atoms with Crippen molar-refractivity contribution in [2.75, 3.05) is 66.3 Å². The fourth-order valence-corrected chi connectivity index (χ4v) is 3.93. The fourth-order valence-electron chi connectivity index (χ4n) is 3.93. The van der Waals surface area contributed by atoms with Crippen molar-refractivity contribution >= 4 is 5.96 Å². The Balaban J connectivity index is 1.70. The van der Waals surface area contributed by atoms with E-state index in [9.17, 15) is 0 Å². The van der Waals surface area contributed by atoms with E-state index in [0.29, 0.717) is 12.0 Å². The van der Waals surface area contributed by atoms with Gasteiger partial charge in [-0.25, -0.2) is 0 Å². The molecule has 2 saturated heterocycles. The second-order valence-electron chi connectivity index (χ2n) is 7.38. The zero-order valence-electron chi connectivity index (χ0n) is 17.5. The summed E-state index contributed by atoms with van der Waals surface area (Å²) in [5.74, 6) is 1.57. The minimum atomic E-state index is 0.289. The van der Waals surface area contributed by atoms with Gasteiger partial charge in [0.25, 0.3) is 0 Å². The molecule has 0 amide bonds. The van der Waals surface area contributed by atoms with Crippen molar-refractivity contribution in [2.24, 2.45) is 10.9 Å². The van der Waals surface area contributed by atoms with Crippen molar-refractivity contribution in [3.05, 3.63) is 0 Å². The van der Waals surface area contributed by atoms with Crippen LogP contribution in [-0.4, -0.2) is 89.3 Å². The van der Waals surface area contributed by atoms with Gasteiger partial charge in [0.15, 0.2) is 5.96 Å². The summed E-state index contributed by atoms with van der Waals surface area (Å²) in [5.41, 5.74) is 0. The van der Waals surface area contributed by atoms with Crippen molar-refractivity contribution in [1.29, 1.82) is 0 Å². The van der Waals surface area contributed by atoms with Gasteiger partial charge in [0, 0.05) is 52.5 Å². The van der Waals surface area contributed by atoms with E-state index < -0.39 is 0 Å². The molecule has 7 heteroatoms. The van der Waals surface area contributed by atoms with Gasteiger partial charge in [-0.15, -0.1) is 0 Å². The Labute approximate surface area is 165 Å². The Morgan fingerprint density at radius 2 is 1.93 bits per heavy atom. The van der Waals surface area contributed by atoms with Crippen LogP contribution in [0, 0.1) is 5.92 Å². The number of guanidine groups is 1. The highest BCUT2D eigenvalue weighted by molar-refractivity contribution is 5.79. The predicted molar refractivity (Wildman–Crippen MR) is 109 cm³/mol. The second kappa shape index (κ2) is 13.3. The summed E-state index contributed by atoms with van der Waals surface area (Å²) >= 11 is 0. The first-order valence-corrected chi connectivity index (χ1v) is 10.7. The molecule has 0 aromatic heterocycles. The molecule has 0 aliphatic carbocycles. The lowest BCUT2D eigenvalue weighted by Crippen LogP contribution is -2.53. The highest BCUT2D eigenvalue weighted by atomic mass is 16.5. The van der Waals surface area contributed by atoms with Crippen molar-refractivity contribution < 1.29 is 14.2 Å². The Kier molecular flexibility index (Phi) is 11.0. The Hall–Kier alpha value is -0.890. The molecule has 2 heterocycles. The van der Waals surface area contributed by atoms with Gasteiger partial charge in [0.2, 0.25) is 0 Å². The molecule has 2 rings (SSSR count). The number of hydrogen-bond donors (Lipinski definition) is 2. The van der Waals surface area contributed by atoms with Crippen LogP contribution in [-0.2, 0) is 14.2 Å². The zero-order chi connectivity index (χ0) is 19.3. The molecule has 2 atom stereocenters. The summed E-state index contributed by atoms with van der Waals surface area (Å²) in [6.07, 6.45) is 4.69. The summed E-state index contributed by atoms with van der Waals surface area (Å²) in [6, 6.07) is 0.521.